The minimum atomic E-state index is -1.76. The maximum absolute atomic E-state index is 8.84. The van der Waals surface area contributed by atoms with E-state index in [-0.39, 0.29) is 0 Å². The first-order chi connectivity index (χ1) is 7.77. The Hall–Kier alpha value is -1.20. The van der Waals surface area contributed by atoms with Gasteiger partial charge in [-0.3, -0.25) is 0 Å². The lowest BCUT2D eigenvalue weighted by Crippen LogP contribution is -2.30. The predicted molar refractivity (Wildman–Crippen MR) is 63.3 cm³/mol. The van der Waals surface area contributed by atoms with Crippen molar-refractivity contribution in [2.45, 2.75) is 19.3 Å². The molecule has 1 heterocycles. The van der Waals surface area contributed by atoms with Crippen molar-refractivity contribution >= 4 is 13.0 Å². The van der Waals surface area contributed by atoms with E-state index in [4.69, 9.17) is 14.7 Å². The van der Waals surface area contributed by atoms with Gasteiger partial charge in [0.2, 0.25) is 0 Å². The summed E-state index contributed by atoms with van der Waals surface area (Å²) in [5.41, 5.74) is 0.940. The summed E-state index contributed by atoms with van der Waals surface area (Å²) in [5.74, 6) is 0.527. The van der Waals surface area contributed by atoms with Gasteiger partial charge in [-0.25, -0.2) is 0 Å². The topological polar surface area (TPSA) is 52.9 Å². The van der Waals surface area contributed by atoms with Crippen LogP contribution in [0.15, 0.2) is 24.3 Å². The summed E-state index contributed by atoms with van der Waals surface area (Å²) in [7, 11) is -1.76. The molecule has 2 N–H and O–H groups in total. The van der Waals surface area contributed by atoms with Crippen molar-refractivity contribution in [3.05, 3.63) is 24.3 Å². The zero-order valence-corrected chi connectivity index (χ0v) is 9.17. The van der Waals surface area contributed by atoms with Crippen LogP contribution in [0.3, 0.4) is 0 Å². The lowest BCUT2D eigenvalue weighted by molar-refractivity contribution is 0.288. The third kappa shape index (κ3) is 2.68. The molecule has 2 rings (SSSR count). The van der Waals surface area contributed by atoms with Crippen molar-refractivity contribution in [2.24, 2.45) is 0 Å². The molecule has 1 saturated heterocycles. The average molecular weight is 221 g/mol. The average Bonchev–Trinajstić information content (AvgIpc) is 2.30. The van der Waals surface area contributed by atoms with Gasteiger partial charge in [0.25, 0.3) is 0 Å². The minimum absolute atomic E-state index is 0.527. The second kappa shape index (κ2) is 5.23. The largest absolute Gasteiger partial charge is 0.707 e. The fourth-order valence-corrected chi connectivity index (χ4v) is 2.07. The van der Waals surface area contributed by atoms with Gasteiger partial charge in [0.1, 0.15) is 5.75 Å². The number of hydrogen-bond donors (Lipinski definition) is 2. The van der Waals surface area contributed by atoms with Crippen LogP contribution in [0.4, 0.5) is 5.69 Å². The smallest absolute Gasteiger partial charge is 0.510 e. The van der Waals surface area contributed by atoms with Crippen molar-refractivity contribution in [3.63, 3.8) is 0 Å². The van der Waals surface area contributed by atoms with E-state index in [2.05, 4.69) is 4.90 Å². The van der Waals surface area contributed by atoms with E-state index in [0.29, 0.717) is 5.75 Å². The molecule has 5 heteroatoms. The summed E-state index contributed by atoms with van der Waals surface area (Å²) in [6, 6.07) is 7.46. The van der Waals surface area contributed by atoms with E-state index in [1.54, 1.807) is 6.07 Å². The van der Waals surface area contributed by atoms with Crippen molar-refractivity contribution in [2.75, 3.05) is 18.0 Å². The first-order valence-corrected chi connectivity index (χ1v) is 5.64. The summed E-state index contributed by atoms with van der Waals surface area (Å²) in [5, 5.41) is 17.7. The Kier molecular flexibility index (Phi) is 3.69. The van der Waals surface area contributed by atoms with Gasteiger partial charge in [-0.15, -0.1) is 0 Å². The molecule has 1 aromatic rings. The van der Waals surface area contributed by atoms with Gasteiger partial charge in [-0.05, 0) is 31.4 Å². The number of nitrogens with zero attached hydrogens (tertiary/aromatic N) is 1. The van der Waals surface area contributed by atoms with Crippen LogP contribution in [0.25, 0.3) is 0 Å². The number of hydrogen-bond acceptors (Lipinski definition) is 4. The molecule has 86 valence electrons. The molecule has 0 unspecified atom stereocenters. The monoisotopic (exact) mass is 221 g/mol. The van der Waals surface area contributed by atoms with Gasteiger partial charge < -0.3 is 19.6 Å². The summed E-state index contributed by atoms with van der Waals surface area (Å²) >= 11 is 0. The van der Waals surface area contributed by atoms with Crippen LogP contribution in [-0.4, -0.2) is 30.5 Å². The van der Waals surface area contributed by atoms with Crippen molar-refractivity contribution < 1.29 is 14.7 Å². The van der Waals surface area contributed by atoms with E-state index in [1.807, 2.05) is 18.2 Å². The molecule has 4 nitrogen and oxygen atoms in total. The lowest BCUT2D eigenvalue weighted by Gasteiger charge is -2.30. The Morgan fingerprint density at radius 3 is 2.44 bits per heavy atom. The molecule has 0 radical (unpaired) electrons. The minimum Gasteiger partial charge on any atom is -0.510 e. The number of piperidine rings is 1. The van der Waals surface area contributed by atoms with E-state index < -0.39 is 7.32 Å². The van der Waals surface area contributed by atoms with Crippen LogP contribution in [-0.2, 0) is 0 Å². The molecule has 0 bridgehead atoms. The molecule has 16 heavy (non-hydrogen) atoms. The Balaban J connectivity index is 2.17. The SMILES string of the molecule is OB(O)Oc1ccccc1N1CCCCC1. The van der Waals surface area contributed by atoms with Gasteiger partial charge in [0.05, 0.1) is 5.69 Å². The molecule has 0 atom stereocenters. The quantitative estimate of drug-likeness (QED) is 0.748. The molecule has 0 aromatic heterocycles. The number of para-hydroxylation sites is 2. The Labute approximate surface area is 95.6 Å². The molecule has 0 amide bonds. The highest BCUT2D eigenvalue weighted by molar-refractivity contribution is 6.34. The third-order valence-corrected chi connectivity index (χ3v) is 2.79. The predicted octanol–water partition coefficient (Wildman–Crippen LogP) is 1.03. The number of benzene rings is 1. The zero-order chi connectivity index (χ0) is 11.4. The third-order valence-electron chi connectivity index (χ3n) is 2.79. The van der Waals surface area contributed by atoms with Crippen LogP contribution in [0.5, 0.6) is 5.75 Å². The van der Waals surface area contributed by atoms with Gasteiger partial charge in [-0.1, -0.05) is 12.1 Å². The molecule has 0 saturated carbocycles. The standard InChI is InChI=1S/C11H16BNO3/c14-12(15)16-11-7-3-2-6-10(11)13-8-4-1-5-9-13/h2-3,6-7,14-15H,1,4-5,8-9H2. The summed E-state index contributed by atoms with van der Waals surface area (Å²) in [4.78, 5) is 2.22. The Bertz CT molecular complexity index is 340. The van der Waals surface area contributed by atoms with Crippen LogP contribution in [0, 0.1) is 0 Å². The summed E-state index contributed by atoms with van der Waals surface area (Å²) in [6.07, 6.45) is 3.62. The summed E-state index contributed by atoms with van der Waals surface area (Å²) in [6.45, 7) is 2.00. The van der Waals surface area contributed by atoms with Crippen molar-refractivity contribution in [1.82, 2.24) is 0 Å². The van der Waals surface area contributed by atoms with E-state index in [9.17, 15) is 0 Å². The second-order valence-corrected chi connectivity index (χ2v) is 3.96. The van der Waals surface area contributed by atoms with Gasteiger partial charge in [-0.2, -0.15) is 0 Å². The lowest BCUT2D eigenvalue weighted by atomic mass is 10.1. The van der Waals surface area contributed by atoms with Gasteiger partial charge in [0.15, 0.2) is 0 Å². The van der Waals surface area contributed by atoms with Crippen LogP contribution >= 0.6 is 0 Å². The molecular formula is C11H16BNO3. The highest BCUT2D eigenvalue weighted by Gasteiger charge is 2.18. The zero-order valence-electron chi connectivity index (χ0n) is 9.17. The first-order valence-electron chi connectivity index (χ1n) is 5.64. The van der Waals surface area contributed by atoms with Crippen LogP contribution in [0.1, 0.15) is 19.3 Å². The Morgan fingerprint density at radius 2 is 1.75 bits per heavy atom. The Morgan fingerprint density at radius 1 is 1.06 bits per heavy atom. The fraction of sp³-hybridized carbons (Fsp3) is 0.455. The van der Waals surface area contributed by atoms with Crippen molar-refractivity contribution in [1.29, 1.82) is 0 Å². The number of anilines is 1. The van der Waals surface area contributed by atoms with Crippen LogP contribution in [0.2, 0.25) is 0 Å². The van der Waals surface area contributed by atoms with Gasteiger partial charge in [0, 0.05) is 13.1 Å². The molecule has 1 fully saturated rings. The van der Waals surface area contributed by atoms with Crippen molar-refractivity contribution in [3.8, 4) is 5.75 Å². The molecule has 0 aliphatic carbocycles. The summed E-state index contributed by atoms with van der Waals surface area (Å²) < 4.78 is 4.97. The number of rotatable bonds is 3. The van der Waals surface area contributed by atoms with E-state index in [1.165, 1.54) is 19.3 Å². The molecule has 0 spiro atoms. The van der Waals surface area contributed by atoms with Crippen LogP contribution < -0.4 is 9.55 Å². The highest BCUT2D eigenvalue weighted by atomic mass is 16.6. The normalized spacial score (nSPS) is 16.0. The molecule has 1 aliphatic heterocycles. The molecule has 1 aromatic carbocycles. The molecule has 1 aliphatic rings. The highest BCUT2D eigenvalue weighted by Crippen LogP contribution is 2.30. The maximum atomic E-state index is 8.84. The van der Waals surface area contributed by atoms with Gasteiger partial charge >= 0.3 is 7.32 Å². The fourth-order valence-electron chi connectivity index (χ4n) is 2.07. The maximum Gasteiger partial charge on any atom is 0.707 e. The van der Waals surface area contributed by atoms with E-state index in [0.717, 1.165) is 18.8 Å². The first kappa shape index (κ1) is 11.3. The molecular weight excluding hydrogens is 205 g/mol. The van der Waals surface area contributed by atoms with E-state index >= 15 is 0 Å². The second-order valence-electron chi connectivity index (χ2n) is 3.96.